The molecule has 5 nitrogen and oxygen atoms in total. The molecule has 4 rings (SSSR count). The van der Waals surface area contributed by atoms with Crippen LogP contribution in [0.5, 0.6) is 0 Å². The fourth-order valence-electron chi connectivity index (χ4n) is 3.20. The Morgan fingerprint density at radius 3 is 2.16 bits per heavy atom. The molecular weight excluding hydrogens is 384 g/mol. The molecule has 1 heterocycles. The number of amides is 1. The largest absolute Gasteiger partial charge is 0.340 e. The molecule has 0 bridgehead atoms. The molecule has 5 heteroatoms. The van der Waals surface area contributed by atoms with E-state index in [0.29, 0.717) is 17.3 Å². The average molecular weight is 409 g/mol. The van der Waals surface area contributed by atoms with E-state index in [1.165, 1.54) is 5.56 Å². The van der Waals surface area contributed by atoms with E-state index in [4.69, 9.17) is 0 Å². The van der Waals surface area contributed by atoms with E-state index in [-0.39, 0.29) is 5.91 Å². The van der Waals surface area contributed by atoms with Crippen molar-refractivity contribution in [1.82, 2.24) is 9.97 Å². The Labute approximate surface area is 182 Å². The fourth-order valence-corrected chi connectivity index (χ4v) is 3.20. The minimum Gasteiger partial charge on any atom is -0.340 e. The van der Waals surface area contributed by atoms with Crippen LogP contribution in [0.2, 0.25) is 0 Å². The van der Waals surface area contributed by atoms with Gasteiger partial charge in [-0.3, -0.25) is 4.79 Å². The van der Waals surface area contributed by atoms with Crippen LogP contribution in [0.4, 0.5) is 17.2 Å². The lowest BCUT2D eigenvalue weighted by Crippen LogP contribution is -2.11. The zero-order chi connectivity index (χ0) is 21.6. The summed E-state index contributed by atoms with van der Waals surface area (Å²) in [6, 6.07) is 27.1. The molecule has 0 saturated heterocycles. The average Bonchev–Trinajstić information content (AvgIpc) is 2.81. The van der Waals surface area contributed by atoms with Gasteiger partial charge in [-0.25, -0.2) is 9.97 Å². The first-order valence-corrected chi connectivity index (χ1v) is 10.2. The van der Waals surface area contributed by atoms with Gasteiger partial charge in [0.1, 0.15) is 12.1 Å². The number of hydrogen-bond donors (Lipinski definition) is 2. The molecule has 0 saturated carbocycles. The first kappa shape index (κ1) is 20.3. The summed E-state index contributed by atoms with van der Waals surface area (Å²) in [5.41, 5.74) is 5.35. The van der Waals surface area contributed by atoms with Gasteiger partial charge in [-0.2, -0.15) is 0 Å². The maximum absolute atomic E-state index is 12.5. The van der Waals surface area contributed by atoms with Gasteiger partial charge in [0.15, 0.2) is 0 Å². The molecule has 4 aromatic rings. The molecule has 0 unspecified atom stereocenters. The molecule has 3 aromatic carbocycles. The standard InChI is InChI=1S/C26H24N4O/c1-18(2)19-8-10-21(11-9-19)26(31)30-23-14-12-22(13-15-23)29-25-16-24(27-17-28-25)20-6-4-3-5-7-20/h3-18H,1-2H3,(H,30,31)(H,27,28,29). The molecule has 0 aliphatic carbocycles. The normalized spacial score (nSPS) is 10.7. The highest BCUT2D eigenvalue weighted by molar-refractivity contribution is 6.04. The van der Waals surface area contributed by atoms with Crippen LogP contribution in [0.25, 0.3) is 11.3 Å². The zero-order valence-corrected chi connectivity index (χ0v) is 17.5. The number of rotatable bonds is 6. The van der Waals surface area contributed by atoms with Crippen molar-refractivity contribution >= 4 is 23.1 Å². The van der Waals surface area contributed by atoms with Crippen LogP contribution in [0.15, 0.2) is 91.3 Å². The smallest absolute Gasteiger partial charge is 0.255 e. The lowest BCUT2D eigenvalue weighted by atomic mass is 10.0. The number of carbonyl (C=O) groups excluding carboxylic acids is 1. The fraction of sp³-hybridized carbons (Fsp3) is 0.115. The van der Waals surface area contributed by atoms with Crippen LogP contribution < -0.4 is 10.6 Å². The summed E-state index contributed by atoms with van der Waals surface area (Å²) in [7, 11) is 0. The molecule has 0 fully saturated rings. The monoisotopic (exact) mass is 408 g/mol. The first-order valence-electron chi connectivity index (χ1n) is 10.2. The summed E-state index contributed by atoms with van der Waals surface area (Å²) in [5.74, 6) is 1.02. The molecule has 31 heavy (non-hydrogen) atoms. The predicted molar refractivity (Wildman–Crippen MR) is 126 cm³/mol. The van der Waals surface area contributed by atoms with Gasteiger partial charge in [0.2, 0.25) is 0 Å². The van der Waals surface area contributed by atoms with Crippen molar-refractivity contribution < 1.29 is 4.79 Å². The van der Waals surface area contributed by atoms with Crippen LogP contribution in [0, 0.1) is 0 Å². The van der Waals surface area contributed by atoms with E-state index in [1.54, 1.807) is 6.33 Å². The minimum absolute atomic E-state index is 0.126. The molecule has 0 atom stereocenters. The van der Waals surface area contributed by atoms with Crippen molar-refractivity contribution in [3.8, 4) is 11.3 Å². The lowest BCUT2D eigenvalue weighted by molar-refractivity contribution is 0.102. The number of hydrogen-bond acceptors (Lipinski definition) is 4. The highest BCUT2D eigenvalue weighted by Gasteiger charge is 2.08. The Kier molecular flexibility index (Phi) is 6.03. The second-order valence-corrected chi connectivity index (χ2v) is 7.59. The quantitative estimate of drug-likeness (QED) is 0.395. The van der Waals surface area contributed by atoms with Crippen LogP contribution in [0.3, 0.4) is 0 Å². The second kappa shape index (κ2) is 9.22. The Hall–Kier alpha value is -3.99. The number of benzene rings is 3. The number of nitrogens with one attached hydrogen (secondary N) is 2. The minimum atomic E-state index is -0.126. The van der Waals surface area contributed by atoms with Gasteiger partial charge in [0, 0.05) is 28.6 Å². The number of aromatic nitrogens is 2. The maximum Gasteiger partial charge on any atom is 0.255 e. The van der Waals surface area contributed by atoms with Crippen LogP contribution in [-0.4, -0.2) is 15.9 Å². The Morgan fingerprint density at radius 2 is 1.48 bits per heavy atom. The Morgan fingerprint density at radius 1 is 0.806 bits per heavy atom. The van der Waals surface area contributed by atoms with Gasteiger partial charge < -0.3 is 10.6 Å². The number of carbonyl (C=O) groups is 1. The van der Waals surface area contributed by atoms with E-state index < -0.39 is 0 Å². The van der Waals surface area contributed by atoms with Crippen molar-refractivity contribution in [3.63, 3.8) is 0 Å². The maximum atomic E-state index is 12.5. The third kappa shape index (κ3) is 5.14. The van der Waals surface area contributed by atoms with Gasteiger partial charge >= 0.3 is 0 Å². The van der Waals surface area contributed by atoms with Crippen LogP contribution in [0.1, 0.15) is 35.7 Å². The van der Waals surface area contributed by atoms with Gasteiger partial charge in [0.05, 0.1) is 5.69 Å². The number of nitrogens with zero attached hydrogens (tertiary/aromatic N) is 2. The molecule has 1 amide bonds. The summed E-state index contributed by atoms with van der Waals surface area (Å²) in [6.07, 6.45) is 1.55. The highest BCUT2D eigenvalue weighted by Crippen LogP contribution is 2.22. The number of anilines is 3. The van der Waals surface area contributed by atoms with Gasteiger partial charge in [0.25, 0.3) is 5.91 Å². The summed E-state index contributed by atoms with van der Waals surface area (Å²) < 4.78 is 0. The predicted octanol–water partition coefficient (Wildman–Crippen LogP) is 6.26. The summed E-state index contributed by atoms with van der Waals surface area (Å²) >= 11 is 0. The van der Waals surface area contributed by atoms with E-state index in [9.17, 15) is 4.79 Å². The van der Waals surface area contributed by atoms with Crippen molar-refractivity contribution in [1.29, 1.82) is 0 Å². The molecule has 1 aromatic heterocycles. The summed E-state index contributed by atoms with van der Waals surface area (Å²) in [4.78, 5) is 21.1. The zero-order valence-electron chi connectivity index (χ0n) is 17.5. The van der Waals surface area contributed by atoms with Crippen molar-refractivity contribution in [2.75, 3.05) is 10.6 Å². The van der Waals surface area contributed by atoms with Crippen molar-refractivity contribution in [3.05, 3.63) is 102 Å². The molecule has 0 radical (unpaired) electrons. The van der Waals surface area contributed by atoms with E-state index >= 15 is 0 Å². The Bertz CT molecular complexity index is 1150. The third-order valence-electron chi connectivity index (χ3n) is 4.99. The van der Waals surface area contributed by atoms with E-state index in [2.05, 4.69) is 34.4 Å². The van der Waals surface area contributed by atoms with Gasteiger partial charge in [-0.1, -0.05) is 56.3 Å². The molecule has 2 N–H and O–H groups in total. The molecular formula is C26H24N4O. The molecule has 0 aliphatic rings. The third-order valence-corrected chi connectivity index (χ3v) is 4.99. The van der Waals surface area contributed by atoms with E-state index in [0.717, 1.165) is 22.6 Å². The highest BCUT2D eigenvalue weighted by atomic mass is 16.1. The molecule has 0 aliphatic heterocycles. The van der Waals surface area contributed by atoms with E-state index in [1.807, 2.05) is 84.9 Å². The summed E-state index contributed by atoms with van der Waals surface area (Å²) in [5, 5.41) is 6.22. The van der Waals surface area contributed by atoms with Gasteiger partial charge in [-0.15, -0.1) is 0 Å². The lowest BCUT2D eigenvalue weighted by Gasteiger charge is -2.10. The molecule has 0 spiro atoms. The van der Waals surface area contributed by atoms with Gasteiger partial charge in [-0.05, 0) is 47.9 Å². The first-order chi connectivity index (χ1) is 15.1. The summed E-state index contributed by atoms with van der Waals surface area (Å²) in [6.45, 7) is 4.27. The SMILES string of the molecule is CC(C)c1ccc(C(=O)Nc2ccc(Nc3cc(-c4ccccc4)ncn3)cc2)cc1. The molecule has 154 valence electrons. The Balaban J connectivity index is 1.41. The topological polar surface area (TPSA) is 66.9 Å². The van der Waals surface area contributed by atoms with Crippen LogP contribution >= 0.6 is 0 Å². The van der Waals surface area contributed by atoms with Crippen molar-refractivity contribution in [2.24, 2.45) is 0 Å². The van der Waals surface area contributed by atoms with Crippen molar-refractivity contribution in [2.45, 2.75) is 19.8 Å². The second-order valence-electron chi connectivity index (χ2n) is 7.59. The van der Waals surface area contributed by atoms with Crippen LogP contribution in [-0.2, 0) is 0 Å².